The van der Waals surface area contributed by atoms with E-state index in [2.05, 4.69) is 17.2 Å². The molecule has 2 aromatic carbocycles. The van der Waals surface area contributed by atoms with Crippen LogP contribution in [0.15, 0.2) is 36.4 Å². The van der Waals surface area contributed by atoms with Gasteiger partial charge < -0.3 is 24.4 Å². The lowest BCUT2D eigenvalue weighted by Gasteiger charge is -2.21. The number of fused-ring (bicyclic) bond motifs is 2. The molecule has 4 amide bonds. The quantitative estimate of drug-likeness (QED) is 0.556. The fourth-order valence-electron chi connectivity index (χ4n) is 3.36. The third kappa shape index (κ3) is 4.38. The summed E-state index contributed by atoms with van der Waals surface area (Å²) in [7, 11) is 1.54. The van der Waals surface area contributed by atoms with Crippen molar-refractivity contribution in [2.45, 2.75) is 12.6 Å². The van der Waals surface area contributed by atoms with Crippen LogP contribution in [0.5, 0.6) is 17.2 Å². The predicted molar refractivity (Wildman–Crippen MR) is 109 cm³/mol. The van der Waals surface area contributed by atoms with Crippen molar-refractivity contribution in [3.05, 3.63) is 53.1 Å². The highest BCUT2D eigenvalue weighted by atomic mass is 16.7. The Balaban J connectivity index is 1.53. The standard InChI is InChI=1S/C22H19N3O6/c1-29-17-6-4-15-10-25(21(27)18(15)9-17)11-16(24-22(28)23-12-26)5-2-14-3-7-19-20(8-14)31-13-30-19/h3-4,6-9,12,16H,10-11,13H2,1H3,(H2,23,24,26,28)/t16-/m1/s1. The second-order valence-electron chi connectivity index (χ2n) is 6.83. The third-order valence-electron chi connectivity index (χ3n) is 4.86. The summed E-state index contributed by atoms with van der Waals surface area (Å²) in [5.41, 5.74) is 2.08. The summed E-state index contributed by atoms with van der Waals surface area (Å²) in [5, 5.41) is 4.63. The van der Waals surface area contributed by atoms with Gasteiger partial charge in [0.15, 0.2) is 11.5 Å². The van der Waals surface area contributed by atoms with E-state index in [4.69, 9.17) is 14.2 Å². The molecular weight excluding hydrogens is 402 g/mol. The molecule has 9 heteroatoms. The second-order valence-corrected chi connectivity index (χ2v) is 6.83. The lowest BCUT2D eigenvalue weighted by molar-refractivity contribution is -0.108. The molecule has 0 radical (unpaired) electrons. The molecule has 0 fully saturated rings. The Bertz CT molecular complexity index is 1100. The summed E-state index contributed by atoms with van der Waals surface area (Å²) < 4.78 is 15.8. The number of benzene rings is 2. The monoisotopic (exact) mass is 421 g/mol. The Kier molecular flexibility index (Phi) is 5.62. The molecule has 31 heavy (non-hydrogen) atoms. The van der Waals surface area contributed by atoms with E-state index in [1.807, 2.05) is 11.4 Å². The normalized spacial score (nSPS) is 14.2. The lowest BCUT2D eigenvalue weighted by Crippen LogP contribution is -2.46. The van der Waals surface area contributed by atoms with Crippen molar-refractivity contribution in [1.82, 2.24) is 15.5 Å². The molecule has 0 aliphatic carbocycles. The van der Waals surface area contributed by atoms with Crippen molar-refractivity contribution in [3.8, 4) is 29.1 Å². The minimum atomic E-state index is -0.717. The molecule has 0 saturated heterocycles. The predicted octanol–water partition coefficient (Wildman–Crippen LogP) is 1.26. The highest BCUT2D eigenvalue weighted by Gasteiger charge is 2.29. The van der Waals surface area contributed by atoms with Crippen LogP contribution >= 0.6 is 0 Å². The van der Waals surface area contributed by atoms with Crippen LogP contribution in [0.1, 0.15) is 21.5 Å². The Hall–Kier alpha value is -4.19. The number of hydrogen-bond donors (Lipinski definition) is 2. The SMILES string of the molecule is COc1ccc2c(c1)C(=O)N(C[C@@H](C#Cc1ccc3c(c1)OCO3)NC(=O)NC=O)C2. The molecule has 2 heterocycles. The number of methoxy groups -OCH3 is 1. The summed E-state index contributed by atoms with van der Waals surface area (Å²) in [6.07, 6.45) is 0.279. The van der Waals surface area contributed by atoms with Gasteiger partial charge in [-0.25, -0.2) is 4.79 Å². The minimum absolute atomic E-state index is 0.139. The number of carbonyl (C=O) groups excluding carboxylic acids is 3. The maximum Gasteiger partial charge on any atom is 0.322 e. The fraction of sp³-hybridized carbons (Fsp3) is 0.227. The van der Waals surface area contributed by atoms with Gasteiger partial charge in [0.2, 0.25) is 13.2 Å². The van der Waals surface area contributed by atoms with E-state index in [1.165, 1.54) is 7.11 Å². The van der Waals surface area contributed by atoms with Gasteiger partial charge in [0.25, 0.3) is 5.91 Å². The van der Waals surface area contributed by atoms with Gasteiger partial charge in [-0.15, -0.1) is 0 Å². The zero-order valence-electron chi connectivity index (χ0n) is 16.6. The number of rotatable bonds is 5. The van der Waals surface area contributed by atoms with Crippen LogP contribution in [0.3, 0.4) is 0 Å². The molecule has 2 aliphatic heterocycles. The first-order valence-corrected chi connectivity index (χ1v) is 9.45. The summed E-state index contributed by atoms with van der Waals surface area (Å²) in [6, 6.07) is 9.16. The van der Waals surface area contributed by atoms with E-state index in [0.717, 1.165) is 5.56 Å². The number of hydrogen-bond acceptors (Lipinski definition) is 6. The maximum atomic E-state index is 12.8. The van der Waals surface area contributed by atoms with E-state index < -0.39 is 12.1 Å². The van der Waals surface area contributed by atoms with Crippen molar-refractivity contribution in [3.63, 3.8) is 0 Å². The number of urea groups is 1. The van der Waals surface area contributed by atoms with Gasteiger partial charge >= 0.3 is 6.03 Å². The van der Waals surface area contributed by atoms with Gasteiger partial charge in [0, 0.05) is 17.7 Å². The fourth-order valence-corrected chi connectivity index (χ4v) is 3.36. The van der Waals surface area contributed by atoms with Gasteiger partial charge in [-0.05, 0) is 35.9 Å². The lowest BCUT2D eigenvalue weighted by atomic mass is 10.1. The summed E-state index contributed by atoms with van der Waals surface area (Å²) in [5.74, 6) is 7.58. The maximum absolute atomic E-state index is 12.8. The van der Waals surface area contributed by atoms with Crippen LogP contribution in [0, 0.1) is 11.8 Å². The minimum Gasteiger partial charge on any atom is -0.497 e. The average molecular weight is 421 g/mol. The van der Waals surface area contributed by atoms with Gasteiger partial charge in [-0.3, -0.25) is 14.9 Å². The number of nitrogens with zero attached hydrogens (tertiary/aromatic N) is 1. The third-order valence-corrected chi connectivity index (χ3v) is 4.86. The largest absolute Gasteiger partial charge is 0.497 e. The summed E-state index contributed by atoms with van der Waals surface area (Å²) >= 11 is 0. The highest BCUT2D eigenvalue weighted by Crippen LogP contribution is 2.32. The van der Waals surface area contributed by atoms with Crippen LogP contribution < -0.4 is 24.8 Å². The smallest absolute Gasteiger partial charge is 0.322 e. The van der Waals surface area contributed by atoms with Crippen molar-refractivity contribution < 1.29 is 28.6 Å². The summed E-state index contributed by atoms with van der Waals surface area (Å²) in [6.45, 7) is 0.682. The molecule has 0 saturated carbocycles. The van der Waals surface area contributed by atoms with Gasteiger partial charge in [0.1, 0.15) is 11.8 Å². The molecule has 2 aromatic rings. The molecule has 0 aromatic heterocycles. The molecule has 4 rings (SSSR count). The second kappa shape index (κ2) is 8.67. The van der Waals surface area contributed by atoms with E-state index >= 15 is 0 Å². The molecule has 2 N–H and O–H groups in total. The van der Waals surface area contributed by atoms with Crippen molar-refractivity contribution in [2.24, 2.45) is 0 Å². The Labute approximate surface area is 178 Å². The van der Waals surface area contributed by atoms with E-state index in [-0.39, 0.29) is 25.7 Å². The number of ether oxygens (including phenoxy) is 3. The molecule has 0 spiro atoms. The number of nitrogens with one attached hydrogen (secondary N) is 2. The molecule has 2 aliphatic rings. The molecule has 0 unspecified atom stereocenters. The Morgan fingerprint density at radius 3 is 2.90 bits per heavy atom. The Morgan fingerprint density at radius 1 is 1.26 bits per heavy atom. The first kappa shape index (κ1) is 20.1. The van der Waals surface area contributed by atoms with Crippen molar-refractivity contribution in [1.29, 1.82) is 0 Å². The number of imide groups is 1. The van der Waals surface area contributed by atoms with E-state index in [9.17, 15) is 14.4 Å². The Morgan fingerprint density at radius 2 is 2.10 bits per heavy atom. The van der Waals surface area contributed by atoms with Crippen LogP contribution in [0.25, 0.3) is 0 Å². The molecule has 9 nitrogen and oxygen atoms in total. The molecule has 0 bridgehead atoms. The average Bonchev–Trinajstić information content (AvgIpc) is 3.36. The summed E-state index contributed by atoms with van der Waals surface area (Å²) in [4.78, 5) is 36.9. The van der Waals surface area contributed by atoms with Crippen molar-refractivity contribution >= 4 is 18.3 Å². The van der Waals surface area contributed by atoms with E-state index in [0.29, 0.717) is 34.9 Å². The van der Waals surface area contributed by atoms with Crippen LogP contribution in [-0.2, 0) is 11.3 Å². The first-order chi connectivity index (χ1) is 15.1. The van der Waals surface area contributed by atoms with Gasteiger partial charge in [0.05, 0.1) is 13.7 Å². The number of carbonyl (C=O) groups is 3. The van der Waals surface area contributed by atoms with E-state index in [1.54, 1.807) is 35.2 Å². The van der Waals surface area contributed by atoms with Gasteiger partial charge in [-0.2, -0.15) is 0 Å². The topological polar surface area (TPSA) is 106 Å². The van der Waals surface area contributed by atoms with Crippen LogP contribution in [-0.4, -0.2) is 49.7 Å². The highest BCUT2D eigenvalue weighted by molar-refractivity contribution is 5.98. The van der Waals surface area contributed by atoms with Crippen molar-refractivity contribution in [2.75, 3.05) is 20.4 Å². The first-order valence-electron chi connectivity index (χ1n) is 9.45. The number of amides is 4. The zero-order valence-corrected chi connectivity index (χ0v) is 16.6. The molecule has 158 valence electrons. The van der Waals surface area contributed by atoms with Gasteiger partial charge in [-0.1, -0.05) is 17.9 Å². The van der Waals surface area contributed by atoms with Crippen LogP contribution in [0.2, 0.25) is 0 Å². The molecular formula is C22H19N3O6. The van der Waals surface area contributed by atoms with Crippen LogP contribution in [0.4, 0.5) is 4.79 Å². The zero-order chi connectivity index (χ0) is 21.8. The molecule has 1 atom stereocenters.